The number of guanidine groups is 1. The van der Waals surface area contributed by atoms with Gasteiger partial charge in [0.05, 0.1) is 13.2 Å². The molecule has 0 fully saturated rings. The number of hydrogen-bond acceptors (Lipinski definition) is 5. The highest BCUT2D eigenvalue weighted by atomic mass is 16.5. The van der Waals surface area contributed by atoms with Crippen molar-refractivity contribution in [1.82, 2.24) is 15.6 Å². The van der Waals surface area contributed by atoms with Gasteiger partial charge in [-0.25, -0.2) is 9.98 Å². The first-order valence-corrected chi connectivity index (χ1v) is 9.47. The molecule has 0 amide bonds. The lowest BCUT2D eigenvalue weighted by atomic mass is 10.3. The largest absolute Gasteiger partial charge is 0.475 e. The van der Waals surface area contributed by atoms with E-state index in [2.05, 4.69) is 34.5 Å². The topological polar surface area (TPSA) is 77.0 Å². The van der Waals surface area contributed by atoms with Crippen LogP contribution in [0.1, 0.15) is 38.7 Å². The number of methoxy groups -OCH3 is 1. The fourth-order valence-corrected chi connectivity index (χ4v) is 2.13. The van der Waals surface area contributed by atoms with Gasteiger partial charge in [0.2, 0.25) is 5.88 Å². The Morgan fingerprint density at radius 2 is 1.96 bits per heavy atom. The van der Waals surface area contributed by atoms with E-state index in [4.69, 9.17) is 14.2 Å². The van der Waals surface area contributed by atoms with E-state index in [0.717, 1.165) is 50.7 Å². The van der Waals surface area contributed by atoms with Crippen molar-refractivity contribution in [3.63, 3.8) is 0 Å². The van der Waals surface area contributed by atoms with Gasteiger partial charge in [-0.05, 0) is 25.8 Å². The van der Waals surface area contributed by atoms with Crippen LogP contribution in [0, 0.1) is 0 Å². The van der Waals surface area contributed by atoms with E-state index in [1.54, 1.807) is 13.3 Å². The van der Waals surface area contributed by atoms with E-state index in [9.17, 15) is 0 Å². The van der Waals surface area contributed by atoms with Crippen LogP contribution < -0.4 is 15.4 Å². The van der Waals surface area contributed by atoms with Gasteiger partial charge in [-0.15, -0.1) is 0 Å². The Morgan fingerprint density at radius 3 is 2.73 bits per heavy atom. The monoisotopic (exact) mass is 366 g/mol. The molecule has 0 spiro atoms. The summed E-state index contributed by atoms with van der Waals surface area (Å²) in [6.45, 7) is 8.97. The molecule has 0 aliphatic carbocycles. The highest BCUT2D eigenvalue weighted by Crippen LogP contribution is 2.15. The van der Waals surface area contributed by atoms with E-state index in [-0.39, 0.29) is 0 Å². The average molecular weight is 367 g/mol. The van der Waals surface area contributed by atoms with E-state index in [1.807, 2.05) is 12.1 Å². The Hall–Kier alpha value is -1.86. The Morgan fingerprint density at radius 1 is 1.12 bits per heavy atom. The molecule has 0 radical (unpaired) electrons. The van der Waals surface area contributed by atoms with Crippen molar-refractivity contribution in [2.24, 2.45) is 4.99 Å². The molecule has 1 aromatic heterocycles. The molecule has 7 heteroatoms. The Kier molecular flexibility index (Phi) is 13.1. The highest BCUT2D eigenvalue weighted by molar-refractivity contribution is 5.79. The SMILES string of the molecule is CCCCOCCCNC(=NCc1cccnc1OCCOC)NCC. The standard InChI is InChI=1S/C19H34N4O3/c1-4-6-12-25-13-8-11-22-19(20-5-2)23-16-17-9-7-10-21-18(17)26-15-14-24-3/h7,9-10H,4-6,8,11-16H2,1-3H3,(H2,20,22,23). The smallest absolute Gasteiger partial charge is 0.218 e. The number of aromatic nitrogens is 1. The van der Waals surface area contributed by atoms with Crippen LogP contribution in [-0.2, 0) is 16.0 Å². The number of hydrogen-bond donors (Lipinski definition) is 2. The molecule has 7 nitrogen and oxygen atoms in total. The van der Waals surface area contributed by atoms with Gasteiger partial charge in [-0.2, -0.15) is 0 Å². The Bertz CT molecular complexity index is 497. The molecule has 0 aliphatic heterocycles. The number of nitrogens with zero attached hydrogens (tertiary/aromatic N) is 2. The summed E-state index contributed by atoms with van der Waals surface area (Å²) < 4.78 is 16.2. The normalized spacial score (nSPS) is 11.4. The minimum atomic E-state index is 0.473. The minimum Gasteiger partial charge on any atom is -0.475 e. The molecule has 0 saturated heterocycles. The Balaban J connectivity index is 2.45. The van der Waals surface area contributed by atoms with Gasteiger partial charge in [0.1, 0.15) is 6.61 Å². The zero-order valence-corrected chi connectivity index (χ0v) is 16.4. The maximum atomic E-state index is 5.65. The molecular weight excluding hydrogens is 332 g/mol. The van der Waals surface area contributed by atoms with Crippen LogP contribution >= 0.6 is 0 Å². The molecule has 0 saturated carbocycles. The summed E-state index contributed by atoms with van der Waals surface area (Å²) in [5.74, 6) is 1.39. The first kappa shape index (κ1) is 22.2. The molecule has 0 bridgehead atoms. The molecule has 0 unspecified atom stereocenters. The fourth-order valence-electron chi connectivity index (χ4n) is 2.13. The van der Waals surface area contributed by atoms with Gasteiger partial charge >= 0.3 is 0 Å². The predicted molar refractivity (Wildman–Crippen MR) is 105 cm³/mol. The van der Waals surface area contributed by atoms with Crippen molar-refractivity contribution in [1.29, 1.82) is 0 Å². The van der Waals surface area contributed by atoms with Crippen molar-refractivity contribution >= 4 is 5.96 Å². The third-order valence-corrected chi connectivity index (χ3v) is 3.53. The highest BCUT2D eigenvalue weighted by Gasteiger charge is 2.05. The molecular formula is C19H34N4O3. The summed E-state index contributed by atoms with van der Waals surface area (Å²) in [5.41, 5.74) is 0.948. The Labute approximate surface area is 157 Å². The van der Waals surface area contributed by atoms with E-state index in [1.165, 1.54) is 6.42 Å². The van der Waals surface area contributed by atoms with Crippen molar-refractivity contribution in [2.45, 2.75) is 39.7 Å². The van der Waals surface area contributed by atoms with Crippen LogP contribution in [0.3, 0.4) is 0 Å². The van der Waals surface area contributed by atoms with Crippen LogP contribution in [-0.4, -0.2) is 57.6 Å². The summed E-state index contributed by atoms with van der Waals surface area (Å²) in [4.78, 5) is 8.90. The van der Waals surface area contributed by atoms with E-state index in [0.29, 0.717) is 25.6 Å². The number of rotatable bonds is 14. The van der Waals surface area contributed by atoms with E-state index >= 15 is 0 Å². The number of aliphatic imine (C=N–C) groups is 1. The van der Waals surface area contributed by atoms with Gasteiger partial charge in [-0.1, -0.05) is 19.4 Å². The third-order valence-electron chi connectivity index (χ3n) is 3.53. The molecule has 1 rings (SSSR count). The van der Waals surface area contributed by atoms with Crippen molar-refractivity contribution in [3.8, 4) is 5.88 Å². The molecule has 0 aromatic carbocycles. The number of unbranched alkanes of at least 4 members (excludes halogenated alkanes) is 1. The molecule has 0 atom stereocenters. The minimum absolute atomic E-state index is 0.473. The quantitative estimate of drug-likeness (QED) is 0.299. The molecule has 26 heavy (non-hydrogen) atoms. The predicted octanol–water partition coefficient (Wildman–Crippen LogP) is 2.37. The fraction of sp³-hybridized carbons (Fsp3) is 0.684. The second-order valence-electron chi connectivity index (χ2n) is 5.75. The lowest BCUT2D eigenvalue weighted by Gasteiger charge is -2.12. The summed E-state index contributed by atoms with van der Waals surface area (Å²) in [7, 11) is 1.65. The molecule has 148 valence electrons. The molecule has 1 aromatic rings. The number of pyridine rings is 1. The van der Waals surface area contributed by atoms with Crippen LogP contribution in [0.4, 0.5) is 0 Å². The van der Waals surface area contributed by atoms with Crippen LogP contribution in [0.5, 0.6) is 5.88 Å². The third kappa shape index (κ3) is 10.2. The van der Waals surface area contributed by atoms with Gasteiger partial charge in [0.15, 0.2) is 5.96 Å². The van der Waals surface area contributed by atoms with Gasteiger partial charge in [-0.3, -0.25) is 0 Å². The molecule has 1 heterocycles. The lowest BCUT2D eigenvalue weighted by molar-refractivity contribution is 0.129. The maximum Gasteiger partial charge on any atom is 0.218 e. The summed E-state index contributed by atoms with van der Waals surface area (Å²) in [6, 6.07) is 3.87. The molecule has 2 N–H and O–H groups in total. The van der Waals surface area contributed by atoms with Crippen molar-refractivity contribution < 1.29 is 14.2 Å². The van der Waals surface area contributed by atoms with Crippen LogP contribution in [0.25, 0.3) is 0 Å². The van der Waals surface area contributed by atoms with Gasteiger partial charge in [0, 0.05) is 45.2 Å². The zero-order valence-electron chi connectivity index (χ0n) is 16.4. The molecule has 0 aliphatic rings. The van der Waals surface area contributed by atoms with Crippen LogP contribution in [0.15, 0.2) is 23.3 Å². The zero-order chi connectivity index (χ0) is 18.9. The second kappa shape index (κ2) is 15.4. The van der Waals surface area contributed by atoms with Gasteiger partial charge < -0.3 is 24.8 Å². The van der Waals surface area contributed by atoms with Gasteiger partial charge in [0.25, 0.3) is 0 Å². The van der Waals surface area contributed by atoms with Crippen molar-refractivity contribution in [2.75, 3.05) is 46.6 Å². The first-order chi connectivity index (χ1) is 12.8. The number of ether oxygens (including phenoxy) is 3. The number of nitrogens with one attached hydrogen (secondary N) is 2. The maximum absolute atomic E-state index is 5.65. The van der Waals surface area contributed by atoms with Crippen molar-refractivity contribution in [3.05, 3.63) is 23.9 Å². The second-order valence-corrected chi connectivity index (χ2v) is 5.75. The summed E-state index contributed by atoms with van der Waals surface area (Å²) in [6.07, 6.45) is 4.96. The summed E-state index contributed by atoms with van der Waals surface area (Å²) in [5, 5.41) is 6.58. The van der Waals surface area contributed by atoms with Crippen LogP contribution in [0.2, 0.25) is 0 Å². The lowest BCUT2D eigenvalue weighted by Crippen LogP contribution is -2.38. The first-order valence-electron chi connectivity index (χ1n) is 9.47. The summed E-state index contributed by atoms with van der Waals surface area (Å²) >= 11 is 0. The average Bonchev–Trinajstić information content (AvgIpc) is 2.66. The van der Waals surface area contributed by atoms with E-state index < -0.39 is 0 Å².